The number of carbonyl (C=O) groups excluding carboxylic acids is 1. The standard InChI is InChI=1S/C12H22N2O5/c1-12(11(16)17)7-19-6-9(12)14-10(15)8(13)4-3-5-18-2/h8-9H,3-7,13H2,1-2H3,(H,14,15)(H,16,17). The first-order chi connectivity index (χ1) is 8.91. The van der Waals surface area contributed by atoms with Crippen molar-refractivity contribution in [2.45, 2.75) is 31.8 Å². The van der Waals surface area contributed by atoms with Crippen molar-refractivity contribution in [3.8, 4) is 0 Å². The lowest BCUT2D eigenvalue weighted by Crippen LogP contribution is -2.53. The highest BCUT2D eigenvalue weighted by Crippen LogP contribution is 2.28. The highest BCUT2D eigenvalue weighted by Gasteiger charge is 2.47. The van der Waals surface area contributed by atoms with Crippen LogP contribution in [0.15, 0.2) is 0 Å². The van der Waals surface area contributed by atoms with E-state index in [-0.39, 0.29) is 19.1 Å². The molecule has 0 radical (unpaired) electrons. The number of carbonyl (C=O) groups is 2. The van der Waals surface area contributed by atoms with E-state index in [1.165, 1.54) is 0 Å². The van der Waals surface area contributed by atoms with Crippen LogP contribution in [0.3, 0.4) is 0 Å². The summed E-state index contributed by atoms with van der Waals surface area (Å²) in [7, 11) is 1.58. The van der Waals surface area contributed by atoms with Crippen LogP contribution in [-0.2, 0) is 19.1 Å². The lowest BCUT2D eigenvalue weighted by atomic mass is 9.85. The van der Waals surface area contributed by atoms with E-state index in [1.807, 2.05) is 0 Å². The summed E-state index contributed by atoms with van der Waals surface area (Å²) in [6.07, 6.45) is 1.18. The molecule has 0 bridgehead atoms. The Balaban J connectivity index is 2.49. The minimum atomic E-state index is -1.10. The van der Waals surface area contributed by atoms with E-state index < -0.39 is 23.5 Å². The number of ether oxygens (including phenoxy) is 2. The van der Waals surface area contributed by atoms with Crippen LogP contribution in [0, 0.1) is 5.41 Å². The van der Waals surface area contributed by atoms with Gasteiger partial charge in [0.25, 0.3) is 0 Å². The van der Waals surface area contributed by atoms with Gasteiger partial charge in [0.2, 0.25) is 5.91 Å². The predicted molar refractivity (Wildman–Crippen MR) is 67.6 cm³/mol. The molecule has 0 aromatic rings. The number of nitrogens with one attached hydrogen (secondary N) is 1. The number of carboxylic acids is 1. The van der Waals surface area contributed by atoms with Gasteiger partial charge in [-0.05, 0) is 19.8 Å². The Kier molecular flexibility index (Phi) is 5.71. The second kappa shape index (κ2) is 6.83. The van der Waals surface area contributed by atoms with E-state index in [4.69, 9.17) is 15.2 Å². The third kappa shape index (κ3) is 3.89. The van der Waals surface area contributed by atoms with Crippen molar-refractivity contribution in [1.82, 2.24) is 5.32 Å². The van der Waals surface area contributed by atoms with E-state index in [1.54, 1.807) is 14.0 Å². The largest absolute Gasteiger partial charge is 0.481 e. The van der Waals surface area contributed by atoms with Crippen LogP contribution >= 0.6 is 0 Å². The molecule has 110 valence electrons. The van der Waals surface area contributed by atoms with Crippen molar-refractivity contribution in [3.05, 3.63) is 0 Å². The van der Waals surface area contributed by atoms with Gasteiger partial charge in [0.1, 0.15) is 5.41 Å². The maximum atomic E-state index is 11.9. The van der Waals surface area contributed by atoms with E-state index in [2.05, 4.69) is 5.32 Å². The SMILES string of the molecule is COCCCC(N)C(=O)NC1COCC1(C)C(=O)O. The van der Waals surface area contributed by atoms with Gasteiger partial charge in [-0.2, -0.15) is 0 Å². The quantitative estimate of drug-likeness (QED) is 0.532. The van der Waals surface area contributed by atoms with Crippen molar-refractivity contribution in [3.63, 3.8) is 0 Å². The summed E-state index contributed by atoms with van der Waals surface area (Å²) in [6.45, 7) is 2.38. The summed E-state index contributed by atoms with van der Waals surface area (Å²) in [5, 5.41) is 11.9. The molecular weight excluding hydrogens is 252 g/mol. The van der Waals surface area contributed by atoms with E-state index in [0.29, 0.717) is 19.4 Å². The van der Waals surface area contributed by atoms with Gasteiger partial charge in [-0.1, -0.05) is 0 Å². The Bertz CT molecular complexity index is 336. The van der Waals surface area contributed by atoms with Gasteiger partial charge in [-0.25, -0.2) is 0 Å². The number of hydrogen-bond acceptors (Lipinski definition) is 5. The normalized spacial score (nSPS) is 28.1. The maximum absolute atomic E-state index is 11.9. The van der Waals surface area contributed by atoms with Crippen LogP contribution in [-0.4, -0.2) is 56.0 Å². The fraction of sp³-hybridized carbons (Fsp3) is 0.833. The van der Waals surface area contributed by atoms with Crippen molar-refractivity contribution in [2.75, 3.05) is 26.9 Å². The number of hydrogen-bond donors (Lipinski definition) is 3. The van der Waals surface area contributed by atoms with Crippen LogP contribution in [0.2, 0.25) is 0 Å². The highest BCUT2D eigenvalue weighted by atomic mass is 16.5. The molecule has 19 heavy (non-hydrogen) atoms. The molecule has 4 N–H and O–H groups in total. The Hall–Kier alpha value is -1.18. The lowest BCUT2D eigenvalue weighted by Gasteiger charge is -2.26. The van der Waals surface area contributed by atoms with Gasteiger partial charge in [0, 0.05) is 13.7 Å². The Morgan fingerprint density at radius 1 is 1.63 bits per heavy atom. The first-order valence-corrected chi connectivity index (χ1v) is 6.28. The van der Waals surface area contributed by atoms with Gasteiger partial charge in [-0.3, -0.25) is 9.59 Å². The third-order valence-electron chi connectivity index (χ3n) is 3.46. The molecule has 0 saturated carbocycles. The molecular formula is C12H22N2O5. The van der Waals surface area contributed by atoms with Gasteiger partial charge < -0.3 is 25.6 Å². The number of amides is 1. The third-order valence-corrected chi connectivity index (χ3v) is 3.46. The van der Waals surface area contributed by atoms with Crippen LogP contribution < -0.4 is 11.1 Å². The van der Waals surface area contributed by atoms with E-state index in [0.717, 1.165) is 0 Å². The van der Waals surface area contributed by atoms with Crippen molar-refractivity contribution in [2.24, 2.45) is 11.1 Å². The lowest BCUT2D eigenvalue weighted by molar-refractivity contribution is -0.149. The second-order valence-corrected chi connectivity index (χ2v) is 5.04. The second-order valence-electron chi connectivity index (χ2n) is 5.04. The summed E-state index contributed by atoms with van der Waals surface area (Å²) in [5.74, 6) is -1.33. The summed E-state index contributed by atoms with van der Waals surface area (Å²) in [5.41, 5.74) is 4.65. The number of carboxylic acid groups (broad SMARTS) is 1. The van der Waals surface area contributed by atoms with Crippen molar-refractivity contribution < 1.29 is 24.2 Å². The van der Waals surface area contributed by atoms with Gasteiger partial charge in [0.15, 0.2) is 0 Å². The van der Waals surface area contributed by atoms with Crippen LogP contribution in [0.1, 0.15) is 19.8 Å². The summed E-state index contributed by atoms with van der Waals surface area (Å²) >= 11 is 0. The zero-order valence-electron chi connectivity index (χ0n) is 11.3. The number of methoxy groups -OCH3 is 1. The Morgan fingerprint density at radius 2 is 2.32 bits per heavy atom. The Labute approximate surface area is 112 Å². The molecule has 3 unspecified atom stereocenters. The molecule has 1 rings (SSSR count). The predicted octanol–water partition coefficient (Wildman–Crippen LogP) is -0.654. The Morgan fingerprint density at radius 3 is 2.89 bits per heavy atom. The fourth-order valence-corrected chi connectivity index (χ4v) is 1.94. The van der Waals surface area contributed by atoms with Gasteiger partial charge >= 0.3 is 5.97 Å². The smallest absolute Gasteiger partial charge is 0.313 e. The average molecular weight is 274 g/mol. The van der Waals surface area contributed by atoms with Crippen molar-refractivity contribution >= 4 is 11.9 Å². The molecule has 7 heteroatoms. The molecule has 0 spiro atoms. The zero-order chi connectivity index (χ0) is 14.5. The van der Waals surface area contributed by atoms with E-state index in [9.17, 15) is 14.7 Å². The first kappa shape index (κ1) is 15.9. The summed E-state index contributed by atoms with van der Waals surface area (Å²) < 4.78 is 10.0. The first-order valence-electron chi connectivity index (χ1n) is 6.28. The maximum Gasteiger partial charge on any atom is 0.313 e. The van der Waals surface area contributed by atoms with Crippen molar-refractivity contribution in [1.29, 1.82) is 0 Å². The number of nitrogens with two attached hydrogens (primary N) is 1. The summed E-state index contributed by atoms with van der Waals surface area (Å²) in [4.78, 5) is 23.1. The molecule has 0 aromatic heterocycles. The monoisotopic (exact) mass is 274 g/mol. The van der Waals surface area contributed by atoms with Gasteiger partial charge in [-0.15, -0.1) is 0 Å². The average Bonchev–Trinajstić information content (AvgIpc) is 2.72. The summed E-state index contributed by atoms with van der Waals surface area (Å²) in [6, 6.07) is -1.21. The zero-order valence-corrected chi connectivity index (χ0v) is 11.3. The molecule has 1 aliphatic heterocycles. The molecule has 3 atom stereocenters. The number of aliphatic carboxylic acids is 1. The van der Waals surface area contributed by atoms with Gasteiger partial charge in [0.05, 0.1) is 25.3 Å². The molecule has 0 aromatic carbocycles. The topological polar surface area (TPSA) is 111 Å². The number of rotatable bonds is 7. The molecule has 1 amide bonds. The molecule has 7 nitrogen and oxygen atoms in total. The fourth-order valence-electron chi connectivity index (χ4n) is 1.94. The minimum absolute atomic E-state index is 0.0895. The van der Waals surface area contributed by atoms with E-state index >= 15 is 0 Å². The highest BCUT2D eigenvalue weighted by molar-refractivity contribution is 5.83. The molecule has 1 fully saturated rings. The molecule has 1 saturated heterocycles. The molecule has 1 heterocycles. The molecule has 1 aliphatic rings. The van der Waals surface area contributed by atoms with Crippen LogP contribution in [0.25, 0.3) is 0 Å². The van der Waals surface area contributed by atoms with Crippen LogP contribution in [0.4, 0.5) is 0 Å². The van der Waals surface area contributed by atoms with Crippen LogP contribution in [0.5, 0.6) is 0 Å². The molecule has 0 aliphatic carbocycles. The minimum Gasteiger partial charge on any atom is -0.481 e.